The molecule has 0 saturated carbocycles. The maximum Gasteiger partial charge on any atom is 0.387 e. The zero-order valence-electron chi connectivity index (χ0n) is 14.0. The molecular weight excluding hydrogens is 346 g/mol. The summed E-state index contributed by atoms with van der Waals surface area (Å²) in [6.07, 6.45) is 2.78. The summed E-state index contributed by atoms with van der Waals surface area (Å²) in [5.74, 6) is -0.262. The number of likely N-dealkylation sites (N-methyl/N-ethyl adjacent to an activating group) is 1. The van der Waals surface area contributed by atoms with E-state index in [0.717, 1.165) is 4.88 Å². The first kappa shape index (κ1) is 19.1. The number of carbonyl (C=O) groups excluding carboxylic acids is 1. The summed E-state index contributed by atoms with van der Waals surface area (Å²) >= 11 is 1.63. The molecule has 25 heavy (non-hydrogen) atoms. The third-order valence-electron chi connectivity index (χ3n) is 3.51. The van der Waals surface area contributed by atoms with Crippen LogP contribution in [0.1, 0.15) is 16.5 Å². The van der Waals surface area contributed by atoms with E-state index in [0.29, 0.717) is 12.1 Å². The second-order valence-electron chi connectivity index (χ2n) is 5.49. The van der Waals surface area contributed by atoms with Crippen molar-refractivity contribution in [2.24, 2.45) is 0 Å². The number of halogens is 2. The fourth-order valence-electron chi connectivity index (χ4n) is 2.26. The molecule has 1 amide bonds. The van der Waals surface area contributed by atoms with Crippen LogP contribution in [0.4, 0.5) is 8.78 Å². The lowest BCUT2D eigenvalue weighted by Gasteiger charge is -2.23. The van der Waals surface area contributed by atoms with Gasteiger partial charge in [-0.05, 0) is 37.7 Å². The molecule has 0 aliphatic carbocycles. The first-order valence-electron chi connectivity index (χ1n) is 7.67. The van der Waals surface area contributed by atoms with Gasteiger partial charge in [0.2, 0.25) is 5.91 Å². The number of ether oxygens (including phenoxy) is 1. The molecule has 0 spiro atoms. The van der Waals surface area contributed by atoms with Crippen LogP contribution in [0.2, 0.25) is 0 Å². The summed E-state index contributed by atoms with van der Waals surface area (Å²) in [5, 5.41) is 4.83. The van der Waals surface area contributed by atoms with Gasteiger partial charge in [0.1, 0.15) is 5.75 Å². The van der Waals surface area contributed by atoms with E-state index < -0.39 is 6.61 Å². The average molecular weight is 366 g/mol. The SMILES string of the molecule is CN(C)C(CNC(=O)/C=C/c1ccccc1OC(F)F)c1cccs1. The van der Waals surface area contributed by atoms with E-state index in [1.165, 1.54) is 18.2 Å². The molecule has 2 rings (SSSR count). The first-order valence-corrected chi connectivity index (χ1v) is 8.55. The van der Waals surface area contributed by atoms with Crippen molar-refractivity contribution in [2.45, 2.75) is 12.7 Å². The predicted octanol–water partition coefficient (Wildman–Crippen LogP) is 3.78. The minimum atomic E-state index is -2.91. The van der Waals surface area contributed by atoms with Crippen LogP contribution in [0.3, 0.4) is 0 Å². The molecule has 0 aliphatic heterocycles. The van der Waals surface area contributed by atoms with Crippen LogP contribution >= 0.6 is 11.3 Å². The van der Waals surface area contributed by atoms with E-state index in [2.05, 4.69) is 10.1 Å². The summed E-state index contributed by atoms with van der Waals surface area (Å²) < 4.78 is 29.2. The Kier molecular flexibility index (Phi) is 7.09. The summed E-state index contributed by atoms with van der Waals surface area (Å²) in [6, 6.07) is 10.4. The molecule has 1 unspecified atom stereocenters. The van der Waals surface area contributed by atoms with E-state index >= 15 is 0 Å². The van der Waals surface area contributed by atoms with Crippen molar-refractivity contribution in [2.75, 3.05) is 20.6 Å². The van der Waals surface area contributed by atoms with Crippen LogP contribution in [0.25, 0.3) is 6.08 Å². The Morgan fingerprint density at radius 1 is 1.28 bits per heavy atom. The van der Waals surface area contributed by atoms with Crippen LogP contribution in [-0.4, -0.2) is 38.1 Å². The molecule has 1 aromatic carbocycles. The second-order valence-corrected chi connectivity index (χ2v) is 6.47. The van der Waals surface area contributed by atoms with Crippen LogP contribution in [-0.2, 0) is 4.79 Å². The van der Waals surface area contributed by atoms with Gasteiger partial charge < -0.3 is 15.0 Å². The Morgan fingerprint density at radius 3 is 2.68 bits per heavy atom. The zero-order chi connectivity index (χ0) is 18.2. The third kappa shape index (κ3) is 5.95. The van der Waals surface area contributed by atoms with Gasteiger partial charge >= 0.3 is 6.61 Å². The number of alkyl halides is 2. The smallest absolute Gasteiger partial charge is 0.387 e. The number of nitrogens with one attached hydrogen (secondary N) is 1. The number of benzene rings is 1. The Labute approximate surface area is 149 Å². The molecule has 2 aromatic rings. The number of para-hydroxylation sites is 1. The van der Waals surface area contributed by atoms with Crippen molar-refractivity contribution in [3.8, 4) is 5.75 Å². The van der Waals surface area contributed by atoms with Crippen molar-refractivity contribution in [1.29, 1.82) is 0 Å². The van der Waals surface area contributed by atoms with E-state index in [1.54, 1.807) is 29.5 Å². The fourth-order valence-corrected chi connectivity index (χ4v) is 3.18. The van der Waals surface area contributed by atoms with Gasteiger partial charge in [0.25, 0.3) is 0 Å². The van der Waals surface area contributed by atoms with Gasteiger partial charge in [-0.3, -0.25) is 4.79 Å². The lowest BCUT2D eigenvalue weighted by atomic mass is 10.2. The average Bonchev–Trinajstić information content (AvgIpc) is 3.07. The quantitative estimate of drug-likeness (QED) is 0.723. The van der Waals surface area contributed by atoms with Gasteiger partial charge in [0.15, 0.2) is 0 Å². The largest absolute Gasteiger partial charge is 0.434 e. The first-order chi connectivity index (χ1) is 12.0. The van der Waals surface area contributed by atoms with E-state index in [-0.39, 0.29) is 17.7 Å². The van der Waals surface area contributed by atoms with E-state index in [1.807, 2.05) is 36.5 Å². The molecule has 134 valence electrons. The van der Waals surface area contributed by atoms with Crippen molar-refractivity contribution in [3.05, 3.63) is 58.3 Å². The van der Waals surface area contributed by atoms with Gasteiger partial charge in [0.05, 0.1) is 6.04 Å². The summed E-state index contributed by atoms with van der Waals surface area (Å²) in [4.78, 5) is 15.2. The Morgan fingerprint density at radius 2 is 2.04 bits per heavy atom. The maximum absolute atomic E-state index is 12.4. The number of nitrogens with zero attached hydrogens (tertiary/aromatic N) is 1. The van der Waals surface area contributed by atoms with Crippen LogP contribution in [0.5, 0.6) is 5.75 Å². The van der Waals surface area contributed by atoms with Gasteiger partial charge in [-0.15, -0.1) is 11.3 Å². The highest BCUT2D eigenvalue weighted by atomic mass is 32.1. The molecular formula is C18H20F2N2O2S. The van der Waals surface area contributed by atoms with E-state index in [9.17, 15) is 13.6 Å². The normalized spacial score (nSPS) is 12.7. The zero-order valence-corrected chi connectivity index (χ0v) is 14.8. The minimum absolute atomic E-state index is 0.0336. The number of rotatable bonds is 8. The molecule has 7 heteroatoms. The number of amides is 1. The Hall–Kier alpha value is -2.25. The van der Waals surface area contributed by atoms with E-state index in [4.69, 9.17) is 0 Å². The lowest BCUT2D eigenvalue weighted by molar-refractivity contribution is -0.116. The van der Waals surface area contributed by atoms with Crippen molar-refractivity contribution in [3.63, 3.8) is 0 Å². The third-order valence-corrected chi connectivity index (χ3v) is 4.49. The standard InChI is InChI=1S/C18H20F2N2O2S/c1-22(2)14(16-8-5-11-25-16)12-21-17(23)10-9-13-6-3-4-7-15(13)24-18(19)20/h3-11,14,18H,12H2,1-2H3,(H,21,23)/b10-9+. The second kappa shape index (κ2) is 9.29. The minimum Gasteiger partial charge on any atom is -0.434 e. The number of carbonyl (C=O) groups is 1. The molecule has 0 saturated heterocycles. The highest BCUT2D eigenvalue weighted by Gasteiger charge is 2.15. The molecule has 0 bridgehead atoms. The molecule has 1 aromatic heterocycles. The van der Waals surface area contributed by atoms with Gasteiger partial charge in [-0.2, -0.15) is 8.78 Å². The highest BCUT2D eigenvalue weighted by Crippen LogP contribution is 2.23. The monoisotopic (exact) mass is 366 g/mol. The van der Waals surface area contributed by atoms with Crippen LogP contribution in [0, 0.1) is 0 Å². The molecule has 0 aliphatic rings. The van der Waals surface area contributed by atoms with Crippen molar-refractivity contribution < 1.29 is 18.3 Å². The van der Waals surface area contributed by atoms with Gasteiger partial charge in [-0.25, -0.2) is 0 Å². The maximum atomic E-state index is 12.4. The molecule has 0 fully saturated rings. The van der Waals surface area contributed by atoms with Crippen molar-refractivity contribution in [1.82, 2.24) is 10.2 Å². The number of thiophene rings is 1. The predicted molar refractivity (Wildman–Crippen MR) is 95.9 cm³/mol. The Balaban J connectivity index is 1.97. The van der Waals surface area contributed by atoms with Gasteiger partial charge in [0, 0.05) is 23.1 Å². The molecule has 1 heterocycles. The molecule has 1 atom stereocenters. The summed E-state index contributed by atoms with van der Waals surface area (Å²) in [5.41, 5.74) is 0.417. The lowest BCUT2D eigenvalue weighted by Crippen LogP contribution is -2.33. The fraction of sp³-hybridized carbons (Fsp3) is 0.278. The number of hydrogen-bond donors (Lipinski definition) is 1. The van der Waals surface area contributed by atoms with Crippen LogP contribution in [0.15, 0.2) is 47.9 Å². The summed E-state index contributed by atoms with van der Waals surface area (Å²) in [7, 11) is 3.90. The number of hydrogen-bond acceptors (Lipinski definition) is 4. The molecule has 4 nitrogen and oxygen atoms in total. The molecule has 0 radical (unpaired) electrons. The topological polar surface area (TPSA) is 41.6 Å². The Bertz CT molecular complexity index is 703. The summed E-state index contributed by atoms with van der Waals surface area (Å²) in [6.45, 7) is -2.46. The highest BCUT2D eigenvalue weighted by molar-refractivity contribution is 7.10. The van der Waals surface area contributed by atoms with Gasteiger partial charge in [-0.1, -0.05) is 24.3 Å². The van der Waals surface area contributed by atoms with Crippen molar-refractivity contribution >= 4 is 23.3 Å². The van der Waals surface area contributed by atoms with Crippen LogP contribution < -0.4 is 10.1 Å². The molecule has 1 N–H and O–H groups in total.